The first-order chi connectivity index (χ1) is 16.2. The summed E-state index contributed by atoms with van der Waals surface area (Å²) >= 11 is 24.5. The first-order valence-corrected chi connectivity index (χ1v) is 11.7. The number of aryl methyl sites for hydroxylation is 1. The molecule has 0 atom stereocenters. The van der Waals surface area contributed by atoms with Crippen molar-refractivity contribution in [2.24, 2.45) is 0 Å². The first kappa shape index (κ1) is 24.5. The normalized spacial score (nSPS) is 11.0. The van der Waals surface area contributed by atoms with Crippen LogP contribution in [0.25, 0.3) is 0 Å². The van der Waals surface area contributed by atoms with Crippen molar-refractivity contribution < 1.29 is 13.9 Å². The molecule has 0 unspecified atom stereocenters. The van der Waals surface area contributed by atoms with E-state index in [2.05, 4.69) is 10.4 Å². The molecule has 10 heteroatoms. The van der Waals surface area contributed by atoms with Gasteiger partial charge in [0, 0.05) is 10.0 Å². The summed E-state index contributed by atoms with van der Waals surface area (Å²) in [6, 6.07) is 13.8. The maximum Gasteiger partial charge on any atom is 0.291 e. The number of carbonyl (C=O) groups excluding carboxylic acids is 1. The Morgan fingerprint density at radius 1 is 1.03 bits per heavy atom. The monoisotopic (exact) mass is 537 g/mol. The SMILES string of the molecule is Cc1nn(Cc2ccccc2Cl)c(C)c1NC(=O)c1ccc(COc2c(Cl)cc(Cl)cc2Cl)o1. The zero-order valence-corrected chi connectivity index (χ0v) is 21.2. The van der Waals surface area contributed by atoms with Crippen molar-refractivity contribution >= 4 is 58.0 Å². The van der Waals surface area contributed by atoms with Crippen LogP contribution in [-0.4, -0.2) is 15.7 Å². The molecule has 1 amide bonds. The quantitative estimate of drug-likeness (QED) is 0.263. The van der Waals surface area contributed by atoms with Crippen molar-refractivity contribution in [3.05, 3.63) is 97.1 Å². The maximum atomic E-state index is 12.8. The third kappa shape index (κ3) is 5.36. The van der Waals surface area contributed by atoms with Crippen molar-refractivity contribution in [2.45, 2.75) is 27.0 Å². The number of hydrogen-bond donors (Lipinski definition) is 1. The number of nitrogens with zero attached hydrogens (tertiary/aromatic N) is 2. The second kappa shape index (κ2) is 10.3. The largest absolute Gasteiger partial charge is 0.483 e. The average molecular weight is 539 g/mol. The third-order valence-corrected chi connectivity index (χ3v) is 6.25. The summed E-state index contributed by atoms with van der Waals surface area (Å²) in [5.41, 5.74) is 3.03. The van der Waals surface area contributed by atoms with E-state index in [1.807, 2.05) is 38.1 Å². The number of ether oxygens (including phenoxy) is 1. The van der Waals surface area contributed by atoms with Gasteiger partial charge in [-0.25, -0.2) is 0 Å². The predicted molar refractivity (Wildman–Crippen MR) is 135 cm³/mol. The lowest BCUT2D eigenvalue weighted by Crippen LogP contribution is -2.12. The Bertz CT molecular complexity index is 1340. The van der Waals surface area contributed by atoms with Gasteiger partial charge in [-0.2, -0.15) is 5.10 Å². The van der Waals surface area contributed by atoms with Crippen molar-refractivity contribution in [3.8, 4) is 5.75 Å². The molecule has 34 heavy (non-hydrogen) atoms. The highest BCUT2D eigenvalue weighted by molar-refractivity contribution is 6.40. The summed E-state index contributed by atoms with van der Waals surface area (Å²) in [5.74, 6) is 0.435. The second-order valence-corrected chi connectivity index (χ2v) is 9.16. The van der Waals surface area contributed by atoms with E-state index in [0.717, 1.165) is 11.3 Å². The molecule has 176 valence electrons. The van der Waals surface area contributed by atoms with E-state index >= 15 is 0 Å². The van der Waals surface area contributed by atoms with Gasteiger partial charge >= 0.3 is 0 Å². The molecule has 0 radical (unpaired) electrons. The number of furan rings is 1. The van der Waals surface area contributed by atoms with E-state index in [1.54, 1.807) is 16.8 Å². The van der Waals surface area contributed by atoms with Gasteiger partial charge < -0.3 is 14.5 Å². The van der Waals surface area contributed by atoms with Crippen LogP contribution in [0.1, 0.15) is 33.3 Å². The third-order valence-electron chi connectivity index (χ3n) is 5.11. The van der Waals surface area contributed by atoms with E-state index < -0.39 is 5.91 Å². The molecule has 6 nitrogen and oxygen atoms in total. The Hall–Kier alpha value is -2.64. The topological polar surface area (TPSA) is 69.3 Å². The molecule has 0 aliphatic rings. The standard InChI is InChI=1S/C24H19Cl4N3O3/c1-13-22(14(2)31(30-13)11-15-5-3-4-6-18(15)26)29-24(32)21-8-7-17(34-21)12-33-23-19(27)9-16(25)10-20(23)28/h3-10H,11-12H2,1-2H3,(H,29,32). The second-order valence-electron chi connectivity index (χ2n) is 7.50. The lowest BCUT2D eigenvalue weighted by Gasteiger charge is -2.09. The van der Waals surface area contributed by atoms with Crippen molar-refractivity contribution in [1.82, 2.24) is 9.78 Å². The van der Waals surface area contributed by atoms with Gasteiger partial charge in [0.05, 0.1) is 33.7 Å². The summed E-state index contributed by atoms with van der Waals surface area (Å²) in [4.78, 5) is 12.8. The van der Waals surface area contributed by atoms with E-state index in [1.165, 1.54) is 12.1 Å². The number of amides is 1. The molecule has 1 N–H and O–H groups in total. The molecule has 2 aromatic carbocycles. The Labute approximate surface area is 216 Å². The lowest BCUT2D eigenvalue weighted by atomic mass is 10.2. The van der Waals surface area contributed by atoms with Crippen LogP contribution in [0.2, 0.25) is 20.1 Å². The average Bonchev–Trinajstić information content (AvgIpc) is 3.35. The molecule has 2 aromatic heterocycles. The Balaban J connectivity index is 1.44. The molecule has 4 aromatic rings. The number of hydrogen-bond acceptors (Lipinski definition) is 4. The minimum atomic E-state index is -0.405. The van der Waals surface area contributed by atoms with Gasteiger partial charge in [0.2, 0.25) is 0 Å². The van der Waals surface area contributed by atoms with Crippen molar-refractivity contribution in [1.29, 1.82) is 0 Å². The fraction of sp³-hybridized carbons (Fsp3) is 0.167. The van der Waals surface area contributed by atoms with E-state index in [0.29, 0.717) is 33.7 Å². The molecule has 0 spiro atoms. The number of nitrogens with one attached hydrogen (secondary N) is 1. The molecule has 0 aliphatic carbocycles. The lowest BCUT2D eigenvalue weighted by molar-refractivity contribution is 0.0992. The fourth-order valence-electron chi connectivity index (χ4n) is 3.38. The first-order valence-electron chi connectivity index (χ1n) is 10.2. The summed E-state index contributed by atoms with van der Waals surface area (Å²) in [7, 11) is 0. The predicted octanol–water partition coefficient (Wildman–Crippen LogP) is 7.59. The number of anilines is 1. The number of aromatic nitrogens is 2. The van der Waals surface area contributed by atoms with Crippen LogP contribution in [0.5, 0.6) is 5.75 Å². The van der Waals surface area contributed by atoms with Gasteiger partial charge in [0.1, 0.15) is 12.4 Å². The van der Waals surface area contributed by atoms with Gasteiger partial charge in [0.25, 0.3) is 5.91 Å². The van der Waals surface area contributed by atoms with Gasteiger partial charge in [-0.05, 0) is 49.7 Å². The summed E-state index contributed by atoms with van der Waals surface area (Å²) < 4.78 is 13.1. The summed E-state index contributed by atoms with van der Waals surface area (Å²) in [6.07, 6.45) is 0. The van der Waals surface area contributed by atoms with Crippen LogP contribution in [0.15, 0.2) is 52.9 Å². The van der Waals surface area contributed by atoms with Gasteiger partial charge in [0.15, 0.2) is 11.5 Å². The molecule has 4 rings (SSSR count). The fourth-order valence-corrected chi connectivity index (χ4v) is 4.50. The highest BCUT2D eigenvalue weighted by atomic mass is 35.5. The molecule has 0 saturated heterocycles. The van der Waals surface area contributed by atoms with Crippen LogP contribution >= 0.6 is 46.4 Å². The molecule has 2 heterocycles. The van der Waals surface area contributed by atoms with Gasteiger partial charge in [-0.3, -0.25) is 9.48 Å². The number of rotatable bonds is 7. The van der Waals surface area contributed by atoms with E-state index in [4.69, 9.17) is 55.6 Å². The van der Waals surface area contributed by atoms with Crippen LogP contribution in [0.3, 0.4) is 0 Å². The molecule has 0 saturated carbocycles. The van der Waals surface area contributed by atoms with Crippen LogP contribution in [0.4, 0.5) is 5.69 Å². The minimum absolute atomic E-state index is 0.0299. The number of benzene rings is 2. The molecule has 0 bridgehead atoms. The Morgan fingerprint density at radius 3 is 2.44 bits per heavy atom. The van der Waals surface area contributed by atoms with E-state index in [-0.39, 0.29) is 28.2 Å². The smallest absolute Gasteiger partial charge is 0.291 e. The van der Waals surface area contributed by atoms with E-state index in [9.17, 15) is 4.79 Å². The van der Waals surface area contributed by atoms with Crippen LogP contribution < -0.4 is 10.1 Å². The highest BCUT2D eigenvalue weighted by Gasteiger charge is 2.19. The number of carbonyl (C=O) groups is 1. The zero-order chi connectivity index (χ0) is 24.4. The number of halogens is 4. The van der Waals surface area contributed by atoms with Gasteiger partial charge in [-0.1, -0.05) is 64.6 Å². The Kier molecular flexibility index (Phi) is 7.43. The zero-order valence-electron chi connectivity index (χ0n) is 18.2. The summed E-state index contributed by atoms with van der Waals surface area (Å²) in [6.45, 7) is 4.22. The summed E-state index contributed by atoms with van der Waals surface area (Å²) in [5, 5.41) is 9.04. The van der Waals surface area contributed by atoms with Crippen molar-refractivity contribution in [2.75, 3.05) is 5.32 Å². The van der Waals surface area contributed by atoms with Crippen molar-refractivity contribution in [3.63, 3.8) is 0 Å². The van der Waals surface area contributed by atoms with Crippen LogP contribution in [-0.2, 0) is 13.2 Å². The molecule has 0 fully saturated rings. The highest BCUT2D eigenvalue weighted by Crippen LogP contribution is 2.36. The molecular formula is C24H19Cl4N3O3. The minimum Gasteiger partial charge on any atom is -0.483 e. The molecule has 0 aliphatic heterocycles. The van der Waals surface area contributed by atoms with Gasteiger partial charge in [-0.15, -0.1) is 0 Å². The maximum absolute atomic E-state index is 12.8. The van der Waals surface area contributed by atoms with Crippen LogP contribution in [0, 0.1) is 13.8 Å². The molecular weight excluding hydrogens is 520 g/mol. The Morgan fingerprint density at radius 2 is 1.74 bits per heavy atom.